The fourth-order valence-electron chi connectivity index (χ4n) is 2.84. The Morgan fingerprint density at radius 2 is 1.83 bits per heavy atom. The number of carbonyl (C=O) groups is 1. The Morgan fingerprint density at radius 1 is 1.10 bits per heavy atom. The van der Waals surface area contributed by atoms with Crippen molar-refractivity contribution < 1.29 is 27.4 Å². The number of methoxy groups -OCH3 is 2. The fraction of sp³-hybridized carbons (Fsp3) is 0.158. The third-order valence-electron chi connectivity index (χ3n) is 4.18. The molecule has 0 aliphatic rings. The van der Waals surface area contributed by atoms with E-state index >= 15 is 0 Å². The Balaban J connectivity index is 1.89. The van der Waals surface area contributed by atoms with Crippen LogP contribution < -0.4 is 20.1 Å². The maximum atomic E-state index is 13.8. The summed E-state index contributed by atoms with van der Waals surface area (Å²) in [5.74, 6) is -4.88. The van der Waals surface area contributed by atoms with Gasteiger partial charge in [-0.05, 0) is 18.2 Å². The molecule has 0 aliphatic carbocycles. The monoisotopic (exact) mass is 440 g/mol. The Hall–Kier alpha value is -3.40. The Bertz CT molecular complexity index is 1100. The molecule has 0 saturated carbocycles. The van der Waals surface area contributed by atoms with Crippen molar-refractivity contribution in [3.63, 3.8) is 0 Å². The third kappa shape index (κ3) is 3.99. The Kier molecular flexibility index (Phi) is 6.06. The molecule has 0 saturated heterocycles. The highest BCUT2D eigenvalue weighted by Crippen LogP contribution is 2.36. The summed E-state index contributed by atoms with van der Waals surface area (Å²) in [7, 11) is 4.23. The van der Waals surface area contributed by atoms with Crippen LogP contribution in [0.15, 0.2) is 30.5 Å². The van der Waals surface area contributed by atoms with Gasteiger partial charge in [0.1, 0.15) is 5.75 Å². The van der Waals surface area contributed by atoms with E-state index in [4.69, 9.17) is 21.1 Å². The Morgan fingerprint density at radius 3 is 2.43 bits per heavy atom. The molecule has 0 radical (unpaired) electrons. The molecule has 3 rings (SSSR count). The SMILES string of the molecule is COc1ccc(NC(=O)Nc2cc(F)c(F)c(F)c2OC)cc1-c1c(Cl)cnn1C. The number of urea groups is 1. The minimum atomic E-state index is -1.70. The lowest BCUT2D eigenvalue weighted by atomic mass is 10.1. The largest absolute Gasteiger partial charge is 0.496 e. The first-order chi connectivity index (χ1) is 14.3. The van der Waals surface area contributed by atoms with E-state index in [1.165, 1.54) is 13.3 Å². The number of amides is 2. The lowest BCUT2D eigenvalue weighted by Gasteiger charge is -2.14. The first-order valence-electron chi connectivity index (χ1n) is 8.42. The second-order valence-corrected chi connectivity index (χ2v) is 6.43. The van der Waals surface area contributed by atoms with E-state index in [0.29, 0.717) is 33.8 Å². The summed E-state index contributed by atoms with van der Waals surface area (Å²) in [4.78, 5) is 12.4. The minimum absolute atomic E-state index is 0.322. The number of anilines is 2. The zero-order chi connectivity index (χ0) is 22.0. The number of ether oxygens (including phenoxy) is 2. The third-order valence-corrected chi connectivity index (χ3v) is 4.45. The molecule has 2 N–H and O–H groups in total. The highest BCUT2D eigenvalue weighted by atomic mass is 35.5. The van der Waals surface area contributed by atoms with Crippen LogP contribution in [0.1, 0.15) is 0 Å². The number of rotatable bonds is 5. The van der Waals surface area contributed by atoms with E-state index in [1.807, 2.05) is 0 Å². The number of carbonyl (C=O) groups excluding carboxylic acids is 1. The first-order valence-corrected chi connectivity index (χ1v) is 8.80. The van der Waals surface area contributed by atoms with Gasteiger partial charge in [-0.25, -0.2) is 13.6 Å². The smallest absolute Gasteiger partial charge is 0.323 e. The van der Waals surface area contributed by atoms with Crippen LogP contribution in [0.3, 0.4) is 0 Å². The molecule has 30 heavy (non-hydrogen) atoms. The van der Waals surface area contributed by atoms with Gasteiger partial charge in [-0.3, -0.25) is 4.68 Å². The lowest BCUT2D eigenvalue weighted by molar-refractivity contribution is 0.262. The van der Waals surface area contributed by atoms with Crippen LogP contribution in [0.25, 0.3) is 11.3 Å². The maximum Gasteiger partial charge on any atom is 0.323 e. The standard InChI is InChI=1S/C19H16ClF3N4O3/c1-27-17(11(20)8-24-27)10-6-9(4-5-14(10)29-2)25-19(28)26-13-7-12(21)15(22)16(23)18(13)30-3/h4-8H,1-3H3,(H2,25,26,28). The highest BCUT2D eigenvalue weighted by molar-refractivity contribution is 6.33. The summed E-state index contributed by atoms with van der Waals surface area (Å²) in [6, 6.07) is 4.52. The van der Waals surface area contributed by atoms with Gasteiger partial charge in [0, 0.05) is 24.4 Å². The molecule has 0 atom stereocenters. The van der Waals surface area contributed by atoms with Crippen LogP contribution in [0.2, 0.25) is 5.02 Å². The summed E-state index contributed by atoms with van der Waals surface area (Å²) in [6.45, 7) is 0. The van der Waals surface area contributed by atoms with Gasteiger partial charge < -0.3 is 20.1 Å². The molecule has 1 heterocycles. The van der Waals surface area contributed by atoms with Crippen LogP contribution in [0.4, 0.5) is 29.3 Å². The van der Waals surface area contributed by atoms with Gasteiger partial charge in [0.25, 0.3) is 0 Å². The van der Waals surface area contributed by atoms with Gasteiger partial charge in [0.15, 0.2) is 17.4 Å². The highest BCUT2D eigenvalue weighted by Gasteiger charge is 2.21. The fourth-order valence-corrected chi connectivity index (χ4v) is 3.11. The van der Waals surface area contributed by atoms with Crippen molar-refractivity contribution in [1.82, 2.24) is 9.78 Å². The average molecular weight is 441 g/mol. The van der Waals surface area contributed by atoms with Gasteiger partial charge in [-0.2, -0.15) is 9.49 Å². The summed E-state index contributed by atoms with van der Waals surface area (Å²) in [5.41, 5.74) is 1.05. The van der Waals surface area contributed by atoms with E-state index in [-0.39, 0.29) is 5.69 Å². The van der Waals surface area contributed by atoms with Crippen molar-refractivity contribution in [2.75, 3.05) is 24.9 Å². The normalized spacial score (nSPS) is 10.6. The van der Waals surface area contributed by atoms with E-state index in [1.54, 1.807) is 29.9 Å². The molecule has 0 bridgehead atoms. The molecule has 3 aromatic rings. The van der Waals surface area contributed by atoms with Crippen molar-refractivity contribution in [3.8, 4) is 22.8 Å². The van der Waals surface area contributed by atoms with E-state index in [9.17, 15) is 18.0 Å². The number of halogens is 4. The number of hydrogen-bond acceptors (Lipinski definition) is 4. The van der Waals surface area contributed by atoms with E-state index in [2.05, 4.69) is 15.7 Å². The first kappa shape index (κ1) is 21.3. The molecular weight excluding hydrogens is 425 g/mol. The number of nitrogens with zero attached hydrogens (tertiary/aromatic N) is 2. The second-order valence-electron chi connectivity index (χ2n) is 6.03. The number of aryl methyl sites for hydroxylation is 1. The average Bonchev–Trinajstić information content (AvgIpc) is 3.04. The Labute approximate surface area is 174 Å². The van der Waals surface area contributed by atoms with Crippen molar-refractivity contribution in [3.05, 3.63) is 52.9 Å². The lowest BCUT2D eigenvalue weighted by Crippen LogP contribution is -2.20. The van der Waals surface area contributed by atoms with Gasteiger partial charge >= 0.3 is 6.03 Å². The molecule has 2 amide bonds. The van der Waals surface area contributed by atoms with E-state index < -0.39 is 29.2 Å². The molecule has 1 aromatic heterocycles. The van der Waals surface area contributed by atoms with Gasteiger partial charge in [-0.15, -0.1) is 0 Å². The molecule has 7 nitrogen and oxygen atoms in total. The molecular formula is C19H16ClF3N4O3. The minimum Gasteiger partial charge on any atom is -0.496 e. The zero-order valence-corrected chi connectivity index (χ0v) is 16.8. The number of aromatic nitrogens is 2. The summed E-state index contributed by atoms with van der Waals surface area (Å²) >= 11 is 6.20. The quantitative estimate of drug-likeness (QED) is 0.558. The second kappa shape index (κ2) is 8.54. The summed E-state index contributed by atoms with van der Waals surface area (Å²) < 4.78 is 52.3. The summed E-state index contributed by atoms with van der Waals surface area (Å²) in [5, 5.41) is 9.19. The molecule has 158 valence electrons. The van der Waals surface area contributed by atoms with Gasteiger partial charge in [0.05, 0.1) is 36.8 Å². The van der Waals surface area contributed by atoms with Crippen LogP contribution in [0, 0.1) is 17.5 Å². The summed E-state index contributed by atoms with van der Waals surface area (Å²) in [6.07, 6.45) is 1.47. The van der Waals surface area contributed by atoms with Crippen molar-refractivity contribution in [2.24, 2.45) is 7.05 Å². The van der Waals surface area contributed by atoms with Crippen LogP contribution in [0.5, 0.6) is 11.5 Å². The molecule has 2 aromatic carbocycles. The van der Waals surface area contributed by atoms with Gasteiger partial charge in [-0.1, -0.05) is 11.6 Å². The van der Waals surface area contributed by atoms with Crippen molar-refractivity contribution in [1.29, 1.82) is 0 Å². The number of benzene rings is 2. The van der Waals surface area contributed by atoms with Gasteiger partial charge in [0.2, 0.25) is 5.82 Å². The van der Waals surface area contributed by atoms with Crippen LogP contribution in [-0.4, -0.2) is 30.0 Å². The van der Waals surface area contributed by atoms with Crippen LogP contribution >= 0.6 is 11.6 Å². The molecule has 11 heteroatoms. The predicted molar refractivity (Wildman–Crippen MR) is 106 cm³/mol. The van der Waals surface area contributed by atoms with Crippen molar-refractivity contribution in [2.45, 2.75) is 0 Å². The predicted octanol–water partition coefficient (Wildman–Crippen LogP) is 4.82. The molecule has 0 aliphatic heterocycles. The molecule has 0 fully saturated rings. The number of hydrogen-bond donors (Lipinski definition) is 2. The molecule has 0 unspecified atom stereocenters. The number of nitrogens with one attached hydrogen (secondary N) is 2. The molecule has 0 spiro atoms. The zero-order valence-electron chi connectivity index (χ0n) is 16.0. The maximum absolute atomic E-state index is 13.8. The van der Waals surface area contributed by atoms with Crippen LogP contribution in [-0.2, 0) is 7.05 Å². The van der Waals surface area contributed by atoms with E-state index in [0.717, 1.165) is 7.11 Å². The van der Waals surface area contributed by atoms with Crippen molar-refractivity contribution >= 4 is 29.0 Å². The topological polar surface area (TPSA) is 77.4 Å².